The summed E-state index contributed by atoms with van der Waals surface area (Å²) in [7, 11) is 3.07. The number of methoxy groups -OCH3 is 2. The van der Waals surface area contributed by atoms with E-state index in [1.807, 2.05) is 6.92 Å². The SMILES string of the molecule is COc1cc(C(=O)NC2CNCCC2c2ccc(F)c(F)c2)cc(OC)c1C. The highest BCUT2D eigenvalue weighted by molar-refractivity contribution is 5.95. The first-order valence-corrected chi connectivity index (χ1v) is 9.13. The van der Waals surface area contributed by atoms with Gasteiger partial charge in [0, 0.05) is 29.6 Å². The van der Waals surface area contributed by atoms with Crippen LogP contribution in [0.4, 0.5) is 8.78 Å². The third-order valence-electron chi connectivity index (χ3n) is 5.18. The maximum absolute atomic E-state index is 13.7. The fraction of sp³-hybridized carbons (Fsp3) is 0.381. The van der Waals surface area contributed by atoms with Crippen LogP contribution >= 0.6 is 0 Å². The van der Waals surface area contributed by atoms with Gasteiger partial charge in [-0.3, -0.25) is 4.79 Å². The van der Waals surface area contributed by atoms with E-state index in [1.54, 1.807) is 18.2 Å². The van der Waals surface area contributed by atoms with Crippen molar-refractivity contribution < 1.29 is 23.0 Å². The molecule has 2 N–H and O–H groups in total. The summed E-state index contributed by atoms with van der Waals surface area (Å²) in [6.07, 6.45) is 0.705. The monoisotopic (exact) mass is 390 g/mol. The average molecular weight is 390 g/mol. The van der Waals surface area contributed by atoms with Crippen LogP contribution in [0.2, 0.25) is 0 Å². The highest BCUT2D eigenvalue weighted by atomic mass is 19.2. The fourth-order valence-electron chi connectivity index (χ4n) is 3.62. The Morgan fingerprint density at radius 2 is 1.79 bits per heavy atom. The van der Waals surface area contributed by atoms with Gasteiger partial charge in [-0.2, -0.15) is 0 Å². The lowest BCUT2D eigenvalue weighted by Gasteiger charge is -2.33. The number of hydrogen-bond acceptors (Lipinski definition) is 4. The van der Waals surface area contributed by atoms with Crippen molar-refractivity contribution in [2.24, 2.45) is 0 Å². The summed E-state index contributed by atoms with van der Waals surface area (Å²) in [5.74, 6) is -1.04. The van der Waals surface area contributed by atoms with Gasteiger partial charge in [0.05, 0.1) is 14.2 Å². The molecular formula is C21H24F2N2O3. The van der Waals surface area contributed by atoms with E-state index in [0.717, 1.165) is 18.2 Å². The minimum Gasteiger partial charge on any atom is -0.496 e. The van der Waals surface area contributed by atoms with Gasteiger partial charge in [-0.1, -0.05) is 6.07 Å². The van der Waals surface area contributed by atoms with E-state index < -0.39 is 11.6 Å². The van der Waals surface area contributed by atoms with Gasteiger partial charge in [-0.25, -0.2) is 8.78 Å². The largest absolute Gasteiger partial charge is 0.496 e. The second kappa shape index (κ2) is 8.56. The van der Waals surface area contributed by atoms with Crippen LogP contribution in [-0.4, -0.2) is 39.3 Å². The number of carbonyl (C=O) groups excluding carboxylic acids is 1. The minimum atomic E-state index is -0.880. The summed E-state index contributed by atoms with van der Waals surface area (Å²) in [5.41, 5.74) is 1.89. The van der Waals surface area contributed by atoms with E-state index in [1.165, 1.54) is 20.3 Å². The number of piperidine rings is 1. The molecule has 150 valence electrons. The number of halogens is 2. The molecule has 0 bridgehead atoms. The van der Waals surface area contributed by atoms with E-state index in [9.17, 15) is 13.6 Å². The average Bonchev–Trinajstić information content (AvgIpc) is 2.70. The predicted octanol–water partition coefficient (Wildman–Crippen LogP) is 3.17. The summed E-state index contributed by atoms with van der Waals surface area (Å²) in [6, 6.07) is 6.98. The summed E-state index contributed by atoms with van der Waals surface area (Å²) in [5, 5.41) is 6.25. The van der Waals surface area contributed by atoms with Crippen LogP contribution in [0.25, 0.3) is 0 Å². The molecule has 0 aromatic heterocycles. The van der Waals surface area contributed by atoms with Crippen molar-refractivity contribution in [3.05, 3.63) is 58.7 Å². The molecule has 1 saturated heterocycles. The Hall–Kier alpha value is -2.67. The van der Waals surface area contributed by atoms with E-state index in [0.29, 0.717) is 35.6 Å². The summed E-state index contributed by atoms with van der Waals surface area (Å²) in [4.78, 5) is 12.9. The van der Waals surface area contributed by atoms with Crippen LogP contribution < -0.4 is 20.1 Å². The van der Waals surface area contributed by atoms with Crippen molar-refractivity contribution in [3.63, 3.8) is 0 Å². The first kappa shape index (κ1) is 20.1. The Labute approximate surface area is 163 Å². The van der Waals surface area contributed by atoms with Gasteiger partial charge in [-0.05, 0) is 49.7 Å². The van der Waals surface area contributed by atoms with Crippen LogP contribution in [0, 0.1) is 18.6 Å². The van der Waals surface area contributed by atoms with E-state index >= 15 is 0 Å². The number of ether oxygens (including phenoxy) is 2. The second-order valence-electron chi connectivity index (χ2n) is 6.86. The van der Waals surface area contributed by atoms with Crippen LogP contribution in [-0.2, 0) is 0 Å². The first-order chi connectivity index (χ1) is 13.4. The van der Waals surface area contributed by atoms with E-state index in [4.69, 9.17) is 9.47 Å². The first-order valence-electron chi connectivity index (χ1n) is 9.13. The molecule has 0 saturated carbocycles. The zero-order valence-corrected chi connectivity index (χ0v) is 16.1. The third-order valence-corrected chi connectivity index (χ3v) is 5.18. The number of benzene rings is 2. The number of rotatable bonds is 5. The van der Waals surface area contributed by atoms with E-state index in [-0.39, 0.29) is 17.9 Å². The molecule has 0 radical (unpaired) electrons. The van der Waals surface area contributed by atoms with Gasteiger partial charge >= 0.3 is 0 Å². The molecule has 5 nitrogen and oxygen atoms in total. The second-order valence-corrected chi connectivity index (χ2v) is 6.86. The van der Waals surface area contributed by atoms with Gasteiger partial charge < -0.3 is 20.1 Å². The predicted molar refractivity (Wildman–Crippen MR) is 102 cm³/mol. The quantitative estimate of drug-likeness (QED) is 0.823. The summed E-state index contributed by atoms with van der Waals surface area (Å²) in [6.45, 7) is 3.13. The van der Waals surface area contributed by atoms with Crippen molar-refractivity contribution in [2.75, 3.05) is 27.3 Å². The Kier molecular flexibility index (Phi) is 6.14. The van der Waals surface area contributed by atoms with Gasteiger partial charge in [0.2, 0.25) is 0 Å². The number of nitrogens with one attached hydrogen (secondary N) is 2. The van der Waals surface area contributed by atoms with E-state index in [2.05, 4.69) is 10.6 Å². The molecule has 1 aliphatic rings. The molecule has 7 heteroatoms. The van der Waals surface area contributed by atoms with Crippen molar-refractivity contribution in [1.82, 2.24) is 10.6 Å². The van der Waals surface area contributed by atoms with Gasteiger partial charge in [0.1, 0.15) is 11.5 Å². The highest BCUT2D eigenvalue weighted by Crippen LogP contribution is 2.30. The van der Waals surface area contributed by atoms with Crippen molar-refractivity contribution in [3.8, 4) is 11.5 Å². The number of amides is 1. The molecule has 1 fully saturated rings. The van der Waals surface area contributed by atoms with Crippen LogP contribution in [0.15, 0.2) is 30.3 Å². The van der Waals surface area contributed by atoms with Crippen molar-refractivity contribution in [2.45, 2.75) is 25.3 Å². The molecule has 2 atom stereocenters. The zero-order chi connectivity index (χ0) is 20.3. The maximum atomic E-state index is 13.7. The van der Waals surface area contributed by atoms with Gasteiger partial charge in [0.25, 0.3) is 5.91 Å². The highest BCUT2D eigenvalue weighted by Gasteiger charge is 2.29. The van der Waals surface area contributed by atoms with Crippen molar-refractivity contribution >= 4 is 5.91 Å². The number of carbonyl (C=O) groups is 1. The summed E-state index contributed by atoms with van der Waals surface area (Å²) >= 11 is 0. The normalized spacial score (nSPS) is 19.2. The molecule has 1 heterocycles. The molecule has 0 spiro atoms. The smallest absolute Gasteiger partial charge is 0.251 e. The molecule has 28 heavy (non-hydrogen) atoms. The molecular weight excluding hydrogens is 366 g/mol. The molecule has 2 aromatic carbocycles. The molecule has 3 rings (SSSR count). The molecule has 2 unspecified atom stereocenters. The topological polar surface area (TPSA) is 59.6 Å². The maximum Gasteiger partial charge on any atom is 0.251 e. The zero-order valence-electron chi connectivity index (χ0n) is 16.1. The minimum absolute atomic E-state index is 0.116. The fourth-order valence-corrected chi connectivity index (χ4v) is 3.62. The lowest BCUT2D eigenvalue weighted by Crippen LogP contribution is -2.50. The Bertz CT molecular complexity index is 848. The van der Waals surface area contributed by atoms with Crippen LogP contribution in [0.1, 0.15) is 33.8 Å². The van der Waals surface area contributed by atoms with Crippen LogP contribution in [0.3, 0.4) is 0 Å². The van der Waals surface area contributed by atoms with Gasteiger partial charge in [-0.15, -0.1) is 0 Å². The molecule has 2 aromatic rings. The third kappa shape index (κ3) is 4.09. The summed E-state index contributed by atoms with van der Waals surface area (Å²) < 4.78 is 37.6. The molecule has 0 aliphatic carbocycles. The van der Waals surface area contributed by atoms with Crippen molar-refractivity contribution in [1.29, 1.82) is 0 Å². The van der Waals surface area contributed by atoms with Gasteiger partial charge in [0.15, 0.2) is 11.6 Å². The lowest BCUT2D eigenvalue weighted by atomic mass is 9.85. The standard InChI is InChI=1S/C21H24F2N2O3/c1-12-19(27-2)9-14(10-20(12)28-3)21(26)25-18-11-24-7-6-15(18)13-4-5-16(22)17(23)8-13/h4-5,8-10,15,18,24H,6-7,11H2,1-3H3,(H,25,26). The van der Waals surface area contributed by atoms with Crippen LogP contribution in [0.5, 0.6) is 11.5 Å². The lowest BCUT2D eigenvalue weighted by molar-refractivity contribution is 0.0923. The molecule has 1 aliphatic heterocycles. The number of hydrogen-bond donors (Lipinski definition) is 2. The molecule has 1 amide bonds. The Balaban J connectivity index is 1.84. The Morgan fingerprint density at radius 1 is 1.11 bits per heavy atom. The Morgan fingerprint density at radius 3 is 2.39 bits per heavy atom.